The molecular weight excluding hydrogens is 192 g/mol. The monoisotopic (exact) mass is 204 g/mol. The van der Waals surface area contributed by atoms with E-state index in [0.29, 0.717) is 0 Å². The Morgan fingerprint density at radius 1 is 1.29 bits per heavy atom. The lowest BCUT2D eigenvalue weighted by Gasteiger charge is -2.00. The van der Waals surface area contributed by atoms with Crippen molar-refractivity contribution in [2.75, 3.05) is 0 Å². The molecule has 2 rings (SSSR count). The van der Waals surface area contributed by atoms with Gasteiger partial charge < -0.3 is 0 Å². The van der Waals surface area contributed by atoms with Crippen LogP contribution in [0.25, 0.3) is 10.6 Å². The quantitative estimate of drug-likeness (QED) is 0.767. The van der Waals surface area contributed by atoms with E-state index in [1.54, 1.807) is 11.3 Å². The average Bonchev–Trinajstić information content (AvgIpc) is 2.71. The Morgan fingerprint density at radius 2 is 2.21 bits per heavy atom. The molecule has 0 saturated heterocycles. The summed E-state index contributed by atoms with van der Waals surface area (Å²) in [5.74, 6) is 0. The van der Waals surface area contributed by atoms with Crippen molar-refractivity contribution >= 4 is 11.3 Å². The highest BCUT2D eigenvalue weighted by molar-refractivity contribution is 7.13. The summed E-state index contributed by atoms with van der Waals surface area (Å²) in [5, 5.41) is 3.07. The SMILES string of the molecule is CCCc1cc(-c2nccs2)ccn1. The summed E-state index contributed by atoms with van der Waals surface area (Å²) in [6, 6.07) is 4.14. The summed E-state index contributed by atoms with van der Waals surface area (Å²) in [5.41, 5.74) is 2.33. The Labute approximate surface area is 87.7 Å². The predicted octanol–water partition coefficient (Wildman–Crippen LogP) is 3.16. The maximum Gasteiger partial charge on any atom is 0.123 e. The Morgan fingerprint density at radius 3 is 2.93 bits per heavy atom. The average molecular weight is 204 g/mol. The maximum absolute atomic E-state index is 4.32. The fourth-order valence-corrected chi connectivity index (χ4v) is 2.01. The lowest BCUT2D eigenvalue weighted by molar-refractivity contribution is 0.883. The largest absolute Gasteiger partial charge is 0.261 e. The van der Waals surface area contributed by atoms with Crippen molar-refractivity contribution in [1.82, 2.24) is 9.97 Å². The topological polar surface area (TPSA) is 25.8 Å². The molecule has 0 bridgehead atoms. The maximum atomic E-state index is 4.32. The molecule has 0 radical (unpaired) electrons. The van der Waals surface area contributed by atoms with Gasteiger partial charge in [0.2, 0.25) is 0 Å². The van der Waals surface area contributed by atoms with E-state index >= 15 is 0 Å². The van der Waals surface area contributed by atoms with Crippen LogP contribution in [0.4, 0.5) is 0 Å². The molecular formula is C11H12N2S. The van der Waals surface area contributed by atoms with Gasteiger partial charge in [0.25, 0.3) is 0 Å². The fraction of sp³-hybridized carbons (Fsp3) is 0.273. The number of thiazole rings is 1. The van der Waals surface area contributed by atoms with Gasteiger partial charge in [0.15, 0.2) is 0 Å². The van der Waals surface area contributed by atoms with Crippen LogP contribution < -0.4 is 0 Å². The fourth-order valence-electron chi connectivity index (χ4n) is 1.37. The summed E-state index contributed by atoms with van der Waals surface area (Å²) in [6.45, 7) is 2.16. The molecule has 2 nitrogen and oxygen atoms in total. The van der Waals surface area contributed by atoms with Crippen molar-refractivity contribution in [3.05, 3.63) is 35.6 Å². The predicted molar refractivity (Wildman–Crippen MR) is 59.3 cm³/mol. The highest BCUT2D eigenvalue weighted by Gasteiger charge is 2.01. The number of aryl methyl sites for hydroxylation is 1. The second-order valence-electron chi connectivity index (χ2n) is 3.12. The Balaban J connectivity index is 2.31. The second-order valence-corrected chi connectivity index (χ2v) is 4.02. The molecule has 72 valence electrons. The summed E-state index contributed by atoms with van der Waals surface area (Å²) < 4.78 is 0. The van der Waals surface area contributed by atoms with Gasteiger partial charge in [-0.3, -0.25) is 4.98 Å². The zero-order valence-electron chi connectivity index (χ0n) is 8.10. The molecule has 0 unspecified atom stereocenters. The number of pyridine rings is 1. The molecule has 2 aromatic heterocycles. The van der Waals surface area contributed by atoms with Gasteiger partial charge in [0.05, 0.1) is 0 Å². The van der Waals surface area contributed by atoms with Crippen LogP contribution in [-0.2, 0) is 6.42 Å². The van der Waals surface area contributed by atoms with Crippen molar-refractivity contribution in [3.8, 4) is 10.6 Å². The lowest BCUT2D eigenvalue weighted by Crippen LogP contribution is -1.88. The van der Waals surface area contributed by atoms with Crippen LogP contribution in [0.1, 0.15) is 19.0 Å². The van der Waals surface area contributed by atoms with Gasteiger partial charge in [0.1, 0.15) is 5.01 Å². The van der Waals surface area contributed by atoms with Crippen LogP contribution >= 0.6 is 11.3 Å². The van der Waals surface area contributed by atoms with Crippen molar-refractivity contribution < 1.29 is 0 Å². The molecule has 14 heavy (non-hydrogen) atoms. The van der Waals surface area contributed by atoms with E-state index in [1.165, 1.54) is 5.56 Å². The van der Waals surface area contributed by atoms with Crippen molar-refractivity contribution in [3.63, 3.8) is 0 Å². The van der Waals surface area contributed by atoms with Crippen LogP contribution in [-0.4, -0.2) is 9.97 Å². The third-order valence-electron chi connectivity index (χ3n) is 2.00. The van der Waals surface area contributed by atoms with Crippen LogP contribution in [0.15, 0.2) is 29.9 Å². The van der Waals surface area contributed by atoms with Gasteiger partial charge in [0, 0.05) is 29.0 Å². The Hall–Kier alpha value is -1.22. The Bertz CT molecular complexity index is 395. The van der Waals surface area contributed by atoms with E-state index < -0.39 is 0 Å². The minimum absolute atomic E-state index is 1.04. The van der Waals surface area contributed by atoms with Crippen LogP contribution in [0.2, 0.25) is 0 Å². The Kier molecular flexibility index (Phi) is 2.89. The second kappa shape index (κ2) is 4.33. The highest BCUT2D eigenvalue weighted by Crippen LogP contribution is 2.21. The minimum atomic E-state index is 1.04. The smallest absolute Gasteiger partial charge is 0.123 e. The minimum Gasteiger partial charge on any atom is -0.261 e. The van der Waals surface area contributed by atoms with Crippen molar-refractivity contribution in [2.45, 2.75) is 19.8 Å². The lowest BCUT2D eigenvalue weighted by atomic mass is 10.2. The van der Waals surface area contributed by atoms with E-state index in [1.807, 2.05) is 23.8 Å². The molecule has 0 spiro atoms. The molecule has 0 fully saturated rings. The summed E-state index contributed by atoms with van der Waals surface area (Å²) in [7, 11) is 0. The van der Waals surface area contributed by atoms with Crippen LogP contribution in [0.3, 0.4) is 0 Å². The van der Waals surface area contributed by atoms with Gasteiger partial charge in [-0.25, -0.2) is 4.98 Å². The summed E-state index contributed by atoms with van der Waals surface area (Å²) >= 11 is 1.66. The first-order valence-electron chi connectivity index (χ1n) is 4.75. The zero-order valence-corrected chi connectivity index (χ0v) is 8.92. The van der Waals surface area contributed by atoms with E-state index in [2.05, 4.69) is 23.0 Å². The van der Waals surface area contributed by atoms with E-state index in [-0.39, 0.29) is 0 Å². The van der Waals surface area contributed by atoms with Gasteiger partial charge in [-0.1, -0.05) is 13.3 Å². The standard InChI is InChI=1S/C11H12N2S/c1-2-3-10-8-9(4-5-12-10)11-13-6-7-14-11/h4-8H,2-3H2,1H3. The summed E-state index contributed by atoms with van der Waals surface area (Å²) in [4.78, 5) is 8.59. The first kappa shape index (κ1) is 9.34. The van der Waals surface area contributed by atoms with E-state index in [0.717, 1.165) is 23.5 Å². The normalized spacial score (nSPS) is 10.4. The van der Waals surface area contributed by atoms with E-state index in [4.69, 9.17) is 0 Å². The van der Waals surface area contributed by atoms with Crippen molar-refractivity contribution in [2.24, 2.45) is 0 Å². The number of aromatic nitrogens is 2. The molecule has 2 heterocycles. The molecule has 0 aromatic carbocycles. The van der Waals surface area contributed by atoms with Gasteiger partial charge in [-0.05, 0) is 18.6 Å². The van der Waals surface area contributed by atoms with Gasteiger partial charge >= 0.3 is 0 Å². The van der Waals surface area contributed by atoms with Crippen LogP contribution in [0.5, 0.6) is 0 Å². The third-order valence-corrected chi connectivity index (χ3v) is 2.82. The first-order valence-corrected chi connectivity index (χ1v) is 5.63. The highest BCUT2D eigenvalue weighted by atomic mass is 32.1. The number of rotatable bonds is 3. The molecule has 0 aliphatic rings. The molecule has 0 aliphatic heterocycles. The van der Waals surface area contributed by atoms with E-state index in [9.17, 15) is 0 Å². The van der Waals surface area contributed by atoms with Crippen molar-refractivity contribution in [1.29, 1.82) is 0 Å². The number of hydrogen-bond acceptors (Lipinski definition) is 3. The molecule has 0 amide bonds. The molecule has 0 N–H and O–H groups in total. The number of hydrogen-bond donors (Lipinski definition) is 0. The molecule has 2 aromatic rings. The molecule has 0 saturated carbocycles. The first-order chi connectivity index (χ1) is 6.90. The molecule has 0 aliphatic carbocycles. The third kappa shape index (κ3) is 1.99. The number of nitrogens with zero attached hydrogens (tertiary/aromatic N) is 2. The molecule has 0 atom stereocenters. The zero-order chi connectivity index (χ0) is 9.80. The van der Waals surface area contributed by atoms with Gasteiger partial charge in [-0.15, -0.1) is 11.3 Å². The summed E-state index contributed by atoms with van der Waals surface area (Å²) in [6.07, 6.45) is 5.87. The van der Waals surface area contributed by atoms with Gasteiger partial charge in [-0.2, -0.15) is 0 Å². The van der Waals surface area contributed by atoms with Crippen LogP contribution in [0, 0.1) is 0 Å². The molecule has 3 heteroatoms.